The van der Waals surface area contributed by atoms with Crippen LogP contribution in [-0.4, -0.2) is 6.79 Å². The Balaban J connectivity index is 0.000000202. The Morgan fingerprint density at radius 1 is 0.778 bits per heavy atom. The molecule has 18 heavy (non-hydrogen) atoms. The van der Waals surface area contributed by atoms with E-state index < -0.39 is 0 Å². The van der Waals surface area contributed by atoms with E-state index in [4.69, 9.17) is 5.73 Å². The van der Waals surface area contributed by atoms with Crippen LogP contribution in [0.3, 0.4) is 0 Å². The summed E-state index contributed by atoms with van der Waals surface area (Å²) >= 11 is 0. The molecule has 0 unspecified atom stereocenters. The number of nitrogen functional groups attached to an aromatic ring is 1. The fourth-order valence-electron chi connectivity index (χ4n) is 1.55. The average molecular weight is 241 g/mol. The molecule has 2 aromatic carbocycles. The summed E-state index contributed by atoms with van der Waals surface area (Å²) < 4.78 is 9.08. The van der Waals surface area contributed by atoms with Crippen molar-refractivity contribution in [3.05, 3.63) is 67.1 Å². The monoisotopic (exact) mass is 241 g/mol. The van der Waals surface area contributed by atoms with E-state index in [2.05, 4.69) is 27.7 Å². The minimum absolute atomic E-state index is 0.389. The van der Waals surface area contributed by atoms with Gasteiger partial charge in [0, 0.05) is 5.69 Å². The van der Waals surface area contributed by atoms with Gasteiger partial charge in [-0.2, -0.15) is 0 Å². The highest BCUT2D eigenvalue weighted by Gasteiger charge is 1.94. The van der Waals surface area contributed by atoms with Gasteiger partial charge in [0.1, 0.15) is 12.5 Å². The fraction of sp³-hybridized carbons (Fsp3) is 0.0667. The van der Waals surface area contributed by atoms with Crippen LogP contribution in [0.4, 0.5) is 5.69 Å². The fourth-order valence-corrected chi connectivity index (χ4v) is 1.55. The van der Waals surface area contributed by atoms with Crippen molar-refractivity contribution in [3.8, 4) is 11.1 Å². The summed E-state index contributed by atoms with van der Waals surface area (Å²) in [7, 11) is 0. The van der Waals surface area contributed by atoms with Gasteiger partial charge in [-0.1, -0.05) is 42.5 Å². The standard InChI is InChI=1S/C12H11N.C3H4O2/c13-12-8-4-7-11(9-12)10-5-2-1-3-6-10;1-2-5-3-4-1/h1-9H,13H2;1-2H,3H2. The first-order valence-electron chi connectivity index (χ1n) is 5.65. The lowest BCUT2D eigenvalue weighted by atomic mass is 10.1. The molecule has 0 atom stereocenters. The van der Waals surface area contributed by atoms with Crippen molar-refractivity contribution in [2.45, 2.75) is 0 Å². The molecule has 0 saturated carbocycles. The third-order valence-electron chi connectivity index (χ3n) is 2.38. The molecule has 0 fully saturated rings. The van der Waals surface area contributed by atoms with E-state index in [1.165, 1.54) is 23.7 Å². The van der Waals surface area contributed by atoms with Gasteiger partial charge in [-0.3, -0.25) is 0 Å². The molecule has 3 heteroatoms. The highest BCUT2D eigenvalue weighted by atomic mass is 16.7. The minimum atomic E-state index is 0.389. The number of nitrogens with two attached hydrogens (primary N) is 1. The highest BCUT2D eigenvalue weighted by molar-refractivity contribution is 5.66. The predicted octanol–water partition coefficient (Wildman–Crippen LogP) is 3.40. The molecule has 2 aromatic rings. The zero-order valence-corrected chi connectivity index (χ0v) is 9.95. The summed E-state index contributed by atoms with van der Waals surface area (Å²) in [4.78, 5) is 0. The van der Waals surface area contributed by atoms with Gasteiger partial charge in [-0.25, -0.2) is 0 Å². The Labute approximate surface area is 106 Å². The molecular formula is C15H15NO2. The number of rotatable bonds is 1. The topological polar surface area (TPSA) is 44.5 Å². The van der Waals surface area contributed by atoms with Gasteiger partial charge < -0.3 is 15.2 Å². The van der Waals surface area contributed by atoms with Crippen molar-refractivity contribution in [1.29, 1.82) is 0 Å². The van der Waals surface area contributed by atoms with E-state index in [0.29, 0.717) is 6.79 Å². The second kappa shape index (κ2) is 6.35. The lowest BCUT2D eigenvalue weighted by Gasteiger charge is -2.01. The molecule has 2 N–H and O–H groups in total. The second-order valence-corrected chi connectivity index (χ2v) is 3.71. The summed E-state index contributed by atoms with van der Waals surface area (Å²) in [5.41, 5.74) is 8.87. The lowest BCUT2D eigenvalue weighted by Crippen LogP contribution is -1.84. The van der Waals surface area contributed by atoms with Crippen LogP contribution in [0, 0.1) is 0 Å². The molecule has 3 rings (SSSR count). The van der Waals surface area contributed by atoms with Crippen LogP contribution in [0.5, 0.6) is 0 Å². The van der Waals surface area contributed by atoms with Crippen molar-refractivity contribution in [2.24, 2.45) is 0 Å². The highest BCUT2D eigenvalue weighted by Crippen LogP contribution is 2.20. The lowest BCUT2D eigenvalue weighted by molar-refractivity contribution is 0.0920. The van der Waals surface area contributed by atoms with Gasteiger partial charge in [0.25, 0.3) is 0 Å². The van der Waals surface area contributed by atoms with E-state index in [9.17, 15) is 0 Å². The van der Waals surface area contributed by atoms with Crippen LogP contribution in [0.1, 0.15) is 0 Å². The van der Waals surface area contributed by atoms with Crippen molar-refractivity contribution < 1.29 is 9.47 Å². The minimum Gasteiger partial charge on any atom is -0.462 e. The van der Waals surface area contributed by atoms with Gasteiger partial charge in [-0.05, 0) is 23.3 Å². The first-order chi connectivity index (χ1) is 8.86. The molecule has 0 aromatic heterocycles. The summed E-state index contributed by atoms with van der Waals surface area (Å²) in [5.74, 6) is 0. The molecule has 3 nitrogen and oxygen atoms in total. The molecule has 0 saturated heterocycles. The molecule has 1 aliphatic heterocycles. The van der Waals surface area contributed by atoms with Crippen LogP contribution < -0.4 is 5.73 Å². The van der Waals surface area contributed by atoms with Gasteiger partial charge in [0.05, 0.1) is 0 Å². The SMILES string of the molecule is C1=COCO1.Nc1cccc(-c2ccccc2)c1. The average Bonchev–Trinajstić information content (AvgIpc) is 2.99. The Hall–Kier alpha value is -2.42. The number of hydrogen-bond acceptors (Lipinski definition) is 3. The Morgan fingerprint density at radius 2 is 1.44 bits per heavy atom. The van der Waals surface area contributed by atoms with E-state index in [1.807, 2.05) is 36.4 Å². The first-order valence-corrected chi connectivity index (χ1v) is 5.65. The van der Waals surface area contributed by atoms with E-state index in [0.717, 1.165) is 5.69 Å². The number of hydrogen-bond donors (Lipinski definition) is 1. The van der Waals surface area contributed by atoms with Crippen molar-refractivity contribution in [2.75, 3.05) is 12.5 Å². The number of ether oxygens (including phenoxy) is 2. The van der Waals surface area contributed by atoms with E-state index in [-0.39, 0.29) is 0 Å². The number of benzene rings is 2. The molecule has 1 aliphatic rings. The maximum atomic E-state index is 5.70. The predicted molar refractivity (Wildman–Crippen MR) is 72.5 cm³/mol. The number of anilines is 1. The summed E-state index contributed by atoms with van der Waals surface area (Å²) in [6, 6.07) is 18.1. The van der Waals surface area contributed by atoms with Crippen LogP contribution in [-0.2, 0) is 9.47 Å². The molecule has 92 valence electrons. The zero-order chi connectivity index (χ0) is 12.6. The summed E-state index contributed by atoms with van der Waals surface area (Å²) in [6.45, 7) is 0.389. The third-order valence-corrected chi connectivity index (χ3v) is 2.38. The molecule has 0 aliphatic carbocycles. The smallest absolute Gasteiger partial charge is 0.229 e. The van der Waals surface area contributed by atoms with Gasteiger partial charge in [0.2, 0.25) is 6.79 Å². The summed E-state index contributed by atoms with van der Waals surface area (Å²) in [5, 5.41) is 0. The van der Waals surface area contributed by atoms with Crippen molar-refractivity contribution in [3.63, 3.8) is 0 Å². The van der Waals surface area contributed by atoms with Crippen molar-refractivity contribution in [1.82, 2.24) is 0 Å². The largest absolute Gasteiger partial charge is 0.462 e. The molecule has 0 spiro atoms. The Morgan fingerprint density at radius 3 is 2.00 bits per heavy atom. The van der Waals surface area contributed by atoms with Crippen LogP contribution in [0.15, 0.2) is 67.1 Å². The van der Waals surface area contributed by atoms with Gasteiger partial charge in [-0.15, -0.1) is 0 Å². The quantitative estimate of drug-likeness (QED) is 0.778. The molecular weight excluding hydrogens is 226 g/mol. The third kappa shape index (κ3) is 3.56. The van der Waals surface area contributed by atoms with E-state index >= 15 is 0 Å². The second-order valence-electron chi connectivity index (χ2n) is 3.71. The Bertz CT molecular complexity index is 503. The Kier molecular flexibility index (Phi) is 4.25. The van der Waals surface area contributed by atoms with Crippen LogP contribution in [0.2, 0.25) is 0 Å². The first kappa shape index (κ1) is 12.0. The van der Waals surface area contributed by atoms with Crippen LogP contribution >= 0.6 is 0 Å². The van der Waals surface area contributed by atoms with Gasteiger partial charge >= 0.3 is 0 Å². The molecule has 1 heterocycles. The molecule has 0 radical (unpaired) electrons. The van der Waals surface area contributed by atoms with Crippen molar-refractivity contribution >= 4 is 5.69 Å². The molecule has 0 bridgehead atoms. The normalized spacial score (nSPS) is 12.0. The van der Waals surface area contributed by atoms with E-state index in [1.54, 1.807) is 0 Å². The maximum Gasteiger partial charge on any atom is 0.229 e. The van der Waals surface area contributed by atoms with Gasteiger partial charge in [0.15, 0.2) is 0 Å². The van der Waals surface area contributed by atoms with Crippen LogP contribution in [0.25, 0.3) is 11.1 Å². The maximum absolute atomic E-state index is 5.70. The zero-order valence-electron chi connectivity index (χ0n) is 9.95. The molecule has 0 amide bonds. The summed E-state index contributed by atoms with van der Waals surface area (Å²) in [6.07, 6.45) is 3.03.